The molecule has 7 heteroatoms. The summed E-state index contributed by atoms with van der Waals surface area (Å²) < 4.78 is 31.2. The molecule has 1 amide bonds. The summed E-state index contributed by atoms with van der Waals surface area (Å²) >= 11 is 0. The molecule has 2 rings (SSSR count). The van der Waals surface area contributed by atoms with Gasteiger partial charge in [0.25, 0.3) is 6.43 Å². The van der Waals surface area contributed by atoms with Crippen LogP contribution in [0.25, 0.3) is 0 Å². The molecule has 0 saturated carbocycles. The summed E-state index contributed by atoms with van der Waals surface area (Å²) in [5.41, 5.74) is 6.24. The molecule has 0 spiro atoms. The summed E-state index contributed by atoms with van der Waals surface area (Å²) in [4.78, 5) is 13.9. The zero-order valence-corrected chi connectivity index (χ0v) is 14.1. The number of carbonyl (C=O) groups excluding carboxylic acids is 1. The summed E-state index contributed by atoms with van der Waals surface area (Å²) in [6.07, 6.45) is -3.73. The highest BCUT2D eigenvalue weighted by molar-refractivity contribution is 5.69. The summed E-state index contributed by atoms with van der Waals surface area (Å²) in [6.45, 7) is 5.32. The van der Waals surface area contributed by atoms with Crippen molar-refractivity contribution in [1.29, 1.82) is 0 Å². The molecular weight excluding hydrogens is 318 g/mol. The Hall–Kier alpha value is -1.73. The van der Waals surface area contributed by atoms with Crippen LogP contribution in [0.5, 0.6) is 0 Å². The van der Waals surface area contributed by atoms with Gasteiger partial charge in [0.2, 0.25) is 0 Å². The van der Waals surface area contributed by atoms with E-state index < -0.39 is 30.3 Å². The third-order valence-corrected chi connectivity index (χ3v) is 3.97. The lowest BCUT2D eigenvalue weighted by atomic mass is 9.90. The topological polar surface area (TPSA) is 75.8 Å². The lowest BCUT2D eigenvalue weighted by Gasteiger charge is -2.39. The molecule has 0 fully saturated rings. The standard InChI is InChI=1S/C17H24F2N2O3/c1-17(2,3)24-16(23)21-9-12-6-11(15(18)19)5-4-10(12)7-13(21)14(22)8-20/h4-6,13-15,22H,7-9,20H2,1-3H3/t13?,14-/m1/s1. The van der Waals surface area contributed by atoms with E-state index in [-0.39, 0.29) is 18.7 Å². The van der Waals surface area contributed by atoms with Gasteiger partial charge in [-0.2, -0.15) is 0 Å². The van der Waals surface area contributed by atoms with Gasteiger partial charge in [0.1, 0.15) is 5.60 Å². The van der Waals surface area contributed by atoms with Crippen LogP contribution in [-0.4, -0.2) is 40.4 Å². The number of carbonyl (C=O) groups is 1. The van der Waals surface area contributed by atoms with Crippen molar-refractivity contribution in [2.45, 2.75) is 57.9 Å². The highest BCUT2D eigenvalue weighted by Gasteiger charge is 2.36. The number of hydrogen-bond acceptors (Lipinski definition) is 4. The van der Waals surface area contributed by atoms with Gasteiger partial charge in [-0.1, -0.05) is 12.1 Å². The third-order valence-electron chi connectivity index (χ3n) is 3.97. The number of alkyl halides is 2. The second-order valence-electron chi connectivity index (χ2n) is 7.01. The lowest BCUT2D eigenvalue weighted by Crippen LogP contribution is -2.53. The summed E-state index contributed by atoms with van der Waals surface area (Å²) in [7, 11) is 0. The van der Waals surface area contributed by atoms with Crippen LogP contribution >= 0.6 is 0 Å². The number of aliphatic hydroxyl groups excluding tert-OH is 1. The smallest absolute Gasteiger partial charge is 0.410 e. The van der Waals surface area contributed by atoms with Crippen LogP contribution in [0.3, 0.4) is 0 Å². The predicted molar refractivity (Wildman–Crippen MR) is 85.7 cm³/mol. The van der Waals surface area contributed by atoms with Crippen LogP contribution in [0.1, 0.15) is 43.9 Å². The molecular formula is C17H24F2N2O3. The first-order chi connectivity index (χ1) is 11.1. The molecule has 1 aromatic rings. The van der Waals surface area contributed by atoms with Gasteiger partial charge < -0.3 is 15.6 Å². The Bertz CT molecular complexity index is 602. The number of nitrogens with two attached hydrogens (primary N) is 1. The van der Waals surface area contributed by atoms with Gasteiger partial charge in [0.05, 0.1) is 12.1 Å². The molecule has 0 saturated heterocycles. The molecule has 1 aliphatic heterocycles. The van der Waals surface area contributed by atoms with E-state index in [0.717, 1.165) is 5.56 Å². The summed E-state index contributed by atoms with van der Waals surface area (Å²) in [6, 6.07) is 3.86. The fourth-order valence-corrected chi connectivity index (χ4v) is 2.79. The molecule has 1 unspecified atom stereocenters. The predicted octanol–water partition coefficient (Wildman–Crippen LogP) is 2.61. The van der Waals surface area contributed by atoms with Crippen molar-refractivity contribution in [3.8, 4) is 0 Å². The molecule has 3 N–H and O–H groups in total. The van der Waals surface area contributed by atoms with Crippen molar-refractivity contribution in [2.75, 3.05) is 6.54 Å². The van der Waals surface area contributed by atoms with Crippen molar-refractivity contribution in [3.63, 3.8) is 0 Å². The Morgan fingerprint density at radius 2 is 2.08 bits per heavy atom. The quantitative estimate of drug-likeness (QED) is 0.885. The molecule has 5 nitrogen and oxygen atoms in total. The van der Waals surface area contributed by atoms with Crippen molar-refractivity contribution in [1.82, 2.24) is 4.90 Å². The molecule has 0 aromatic heterocycles. The van der Waals surface area contributed by atoms with E-state index in [0.29, 0.717) is 12.0 Å². The van der Waals surface area contributed by atoms with Crippen LogP contribution < -0.4 is 5.73 Å². The summed E-state index contributed by atoms with van der Waals surface area (Å²) in [5.74, 6) is 0. The maximum absolute atomic E-state index is 12.9. The summed E-state index contributed by atoms with van der Waals surface area (Å²) in [5, 5.41) is 10.2. The van der Waals surface area contributed by atoms with Crippen molar-refractivity contribution in [2.24, 2.45) is 5.73 Å². The number of amides is 1. The number of hydrogen-bond donors (Lipinski definition) is 2. The zero-order valence-electron chi connectivity index (χ0n) is 14.1. The van der Waals surface area contributed by atoms with Gasteiger partial charge in [0, 0.05) is 18.7 Å². The Labute approximate surface area is 140 Å². The number of rotatable bonds is 3. The molecule has 134 valence electrons. The highest BCUT2D eigenvalue weighted by atomic mass is 19.3. The van der Waals surface area contributed by atoms with Gasteiger partial charge in [-0.15, -0.1) is 0 Å². The van der Waals surface area contributed by atoms with Crippen LogP contribution in [0.2, 0.25) is 0 Å². The first-order valence-corrected chi connectivity index (χ1v) is 7.90. The maximum atomic E-state index is 12.9. The van der Waals surface area contributed by atoms with Crippen molar-refractivity contribution >= 4 is 6.09 Å². The zero-order chi connectivity index (χ0) is 18.1. The van der Waals surface area contributed by atoms with E-state index in [1.165, 1.54) is 17.0 Å². The van der Waals surface area contributed by atoms with Crippen LogP contribution in [0.4, 0.5) is 13.6 Å². The van der Waals surface area contributed by atoms with Crippen LogP contribution in [0, 0.1) is 0 Å². The van der Waals surface area contributed by atoms with Crippen LogP contribution in [0.15, 0.2) is 18.2 Å². The monoisotopic (exact) mass is 342 g/mol. The maximum Gasteiger partial charge on any atom is 0.410 e. The first kappa shape index (κ1) is 18.6. The van der Waals surface area contributed by atoms with Gasteiger partial charge in [-0.3, -0.25) is 4.90 Å². The SMILES string of the molecule is CC(C)(C)OC(=O)N1Cc2cc(C(F)F)ccc2CC1[C@H](O)CN. The third kappa shape index (κ3) is 4.21. The number of benzene rings is 1. The van der Waals surface area contributed by atoms with E-state index >= 15 is 0 Å². The van der Waals surface area contributed by atoms with E-state index in [9.17, 15) is 18.7 Å². The average Bonchev–Trinajstić information content (AvgIpc) is 2.50. The molecule has 0 radical (unpaired) electrons. The number of ether oxygens (including phenoxy) is 1. The fraction of sp³-hybridized carbons (Fsp3) is 0.588. The number of fused-ring (bicyclic) bond motifs is 1. The molecule has 24 heavy (non-hydrogen) atoms. The van der Waals surface area contributed by atoms with Gasteiger partial charge >= 0.3 is 6.09 Å². The minimum Gasteiger partial charge on any atom is -0.444 e. The molecule has 0 bridgehead atoms. The molecule has 2 atom stereocenters. The van der Waals surface area contributed by atoms with Gasteiger partial charge in [-0.25, -0.2) is 13.6 Å². The number of halogens is 2. The van der Waals surface area contributed by atoms with Crippen LogP contribution in [-0.2, 0) is 17.7 Å². The number of aliphatic hydroxyl groups is 1. The van der Waals surface area contributed by atoms with Crippen molar-refractivity contribution in [3.05, 3.63) is 34.9 Å². The van der Waals surface area contributed by atoms with E-state index in [1.54, 1.807) is 26.8 Å². The minimum atomic E-state index is -2.57. The molecule has 0 aliphatic carbocycles. The molecule has 1 heterocycles. The Morgan fingerprint density at radius 1 is 1.42 bits per heavy atom. The largest absolute Gasteiger partial charge is 0.444 e. The van der Waals surface area contributed by atoms with Gasteiger partial charge in [0.15, 0.2) is 0 Å². The normalized spacial score (nSPS) is 19.2. The highest BCUT2D eigenvalue weighted by Crippen LogP contribution is 2.30. The Morgan fingerprint density at radius 3 is 2.62 bits per heavy atom. The van der Waals surface area contributed by atoms with E-state index in [1.807, 2.05) is 0 Å². The van der Waals surface area contributed by atoms with Crippen molar-refractivity contribution < 1.29 is 23.4 Å². The Kier molecular flexibility index (Phi) is 5.45. The second kappa shape index (κ2) is 7.03. The Balaban J connectivity index is 2.33. The fourth-order valence-electron chi connectivity index (χ4n) is 2.79. The lowest BCUT2D eigenvalue weighted by molar-refractivity contribution is -0.0101. The van der Waals surface area contributed by atoms with E-state index in [4.69, 9.17) is 10.5 Å². The molecule has 1 aromatic carbocycles. The van der Waals surface area contributed by atoms with E-state index in [2.05, 4.69) is 0 Å². The molecule has 1 aliphatic rings. The number of nitrogens with zero attached hydrogens (tertiary/aromatic N) is 1. The van der Waals surface area contributed by atoms with Gasteiger partial charge in [-0.05, 0) is 44.4 Å². The minimum absolute atomic E-state index is 0.00554. The first-order valence-electron chi connectivity index (χ1n) is 7.90. The average molecular weight is 342 g/mol. The second-order valence-corrected chi connectivity index (χ2v) is 7.01.